The molecule has 2 aromatic heterocycles. The quantitative estimate of drug-likeness (QED) is 0.338. The number of carbonyl (C=O) groups excluding carboxylic acids is 2. The highest BCUT2D eigenvalue weighted by molar-refractivity contribution is 8.26. The number of thioether (sulfide) groups is 1. The Morgan fingerprint density at radius 2 is 2.00 bits per heavy atom. The van der Waals surface area contributed by atoms with Gasteiger partial charge in [-0.3, -0.25) is 23.7 Å². The molecule has 2 aliphatic rings. The van der Waals surface area contributed by atoms with Crippen molar-refractivity contribution in [2.45, 2.75) is 45.4 Å². The minimum Gasteiger partial charge on any atom is -0.369 e. The molecule has 8 nitrogen and oxygen atoms in total. The number of carbonyl (C=O) groups is 2. The summed E-state index contributed by atoms with van der Waals surface area (Å²) in [5.41, 5.74) is 6.13. The first-order valence-electron chi connectivity index (χ1n) is 11.7. The predicted molar refractivity (Wildman–Crippen MR) is 140 cm³/mol. The molecule has 0 unspecified atom stereocenters. The Kier molecular flexibility index (Phi) is 7.67. The van der Waals surface area contributed by atoms with Crippen LogP contribution < -0.4 is 16.2 Å². The number of aromatic nitrogens is 2. The zero-order valence-electron chi connectivity index (χ0n) is 19.2. The van der Waals surface area contributed by atoms with Gasteiger partial charge < -0.3 is 10.6 Å². The third kappa shape index (κ3) is 5.02. The minimum absolute atomic E-state index is 0.164. The Hall–Kier alpha value is -2.72. The van der Waals surface area contributed by atoms with Gasteiger partial charge in [0.15, 0.2) is 0 Å². The van der Waals surface area contributed by atoms with Crippen molar-refractivity contribution in [1.29, 1.82) is 0 Å². The van der Waals surface area contributed by atoms with Gasteiger partial charge in [-0.05, 0) is 37.5 Å². The number of fused-ring (bicyclic) bond motifs is 1. The van der Waals surface area contributed by atoms with Crippen molar-refractivity contribution in [3.63, 3.8) is 0 Å². The van der Waals surface area contributed by atoms with Crippen molar-refractivity contribution < 1.29 is 9.59 Å². The summed E-state index contributed by atoms with van der Waals surface area (Å²) in [6.07, 6.45) is 8.70. The Morgan fingerprint density at radius 1 is 1.24 bits per heavy atom. The molecule has 0 bridgehead atoms. The molecule has 0 spiro atoms. The third-order valence-electron chi connectivity index (χ3n) is 6.33. The summed E-state index contributed by atoms with van der Waals surface area (Å²) in [4.78, 5) is 47.0. The third-order valence-corrected chi connectivity index (χ3v) is 7.71. The van der Waals surface area contributed by atoms with Gasteiger partial charge >= 0.3 is 0 Å². The van der Waals surface area contributed by atoms with E-state index in [-0.39, 0.29) is 23.3 Å². The molecule has 2 fully saturated rings. The molecule has 0 aliphatic carbocycles. The molecule has 4 heterocycles. The molecule has 4 rings (SSSR count). The highest BCUT2D eigenvalue weighted by atomic mass is 32.2. The summed E-state index contributed by atoms with van der Waals surface area (Å²) in [5, 5.41) is 0. The van der Waals surface area contributed by atoms with Crippen LogP contribution in [-0.4, -0.2) is 50.1 Å². The van der Waals surface area contributed by atoms with Crippen LogP contribution in [0.5, 0.6) is 0 Å². The Bertz CT molecular complexity index is 1200. The molecule has 2 N–H and O–H groups in total. The van der Waals surface area contributed by atoms with E-state index in [9.17, 15) is 14.4 Å². The summed E-state index contributed by atoms with van der Waals surface area (Å²) < 4.78 is 2.00. The lowest BCUT2D eigenvalue weighted by molar-refractivity contribution is -0.123. The van der Waals surface area contributed by atoms with Crippen LogP contribution >= 0.6 is 24.0 Å². The molecule has 180 valence electrons. The Balaban J connectivity index is 1.68. The van der Waals surface area contributed by atoms with E-state index in [4.69, 9.17) is 22.9 Å². The Labute approximate surface area is 208 Å². The number of nitrogens with zero attached hydrogens (tertiary/aromatic N) is 4. The van der Waals surface area contributed by atoms with Gasteiger partial charge in [0.25, 0.3) is 11.5 Å². The molecule has 2 aromatic rings. The van der Waals surface area contributed by atoms with Gasteiger partial charge in [-0.2, -0.15) is 0 Å². The highest BCUT2D eigenvalue weighted by Gasteiger charge is 2.33. The van der Waals surface area contributed by atoms with E-state index in [1.807, 2.05) is 11.0 Å². The first-order valence-corrected chi connectivity index (χ1v) is 12.9. The fourth-order valence-corrected chi connectivity index (χ4v) is 5.65. The van der Waals surface area contributed by atoms with E-state index in [2.05, 4.69) is 6.92 Å². The molecule has 0 radical (unpaired) electrons. The number of nitrogens with two attached hydrogens (primary N) is 1. The van der Waals surface area contributed by atoms with Crippen LogP contribution in [0.1, 0.15) is 51.0 Å². The average Bonchev–Trinajstić information content (AvgIpc) is 3.10. The normalized spacial score (nSPS) is 18.4. The highest BCUT2D eigenvalue weighted by Crippen LogP contribution is 2.34. The summed E-state index contributed by atoms with van der Waals surface area (Å²) in [7, 11) is 0. The largest absolute Gasteiger partial charge is 0.369 e. The van der Waals surface area contributed by atoms with Crippen molar-refractivity contribution >= 4 is 57.7 Å². The van der Waals surface area contributed by atoms with Crippen molar-refractivity contribution in [1.82, 2.24) is 14.3 Å². The average molecular weight is 500 g/mol. The van der Waals surface area contributed by atoms with Crippen LogP contribution in [0, 0.1) is 5.92 Å². The number of hydrogen-bond acceptors (Lipinski definition) is 7. The lowest BCUT2D eigenvalue weighted by Gasteiger charge is -2.32. The molecule has 0 saturated carbocycles. The maximum Gasteiger partial charge on any atom is 0.267 e. The zero-order chi connectivity index (χ0) is 24.2. The SMILES string of the molecule is CCCCCCN1C(=O)C(=Cc2c(N3CCC(C(N)=O)CC3)nc3ccccn3c2=O)SC1=S. The minimum atomic E-state index is -0.297. The topological polar surface area (TPSA) is 101 Å². The second kappa shape index (κ2) is 10.7. The van der Waals surface area contributed by atoms with Crippen molar-refractivity contribution in [2.75, 3.05) is 24.5 Å². The van der Waals surface area contributed by atoms with Gasteiger partial charge in [0, 0.05) is 31.7 Å². The monoisotopic (exact) mass is 499 g/mol. The molecule has 10 heteroatoms. The fourth-order valence-electron chi connectivity index (χ4n) is 4.35. The molecule has 0 atom stereocenters. The van der Waals surface area contributed by atoms with Gasteiger partial charge in [0.1, 0.15) is 15.8 Å². The van der Waals surface area contributed by atoms with E-state index < -0.39 is 0 Å². The maximum atomic E-state index is 13.5. The predicted octanol–water partition coefficient (Wildman–Crippen LogP) is 3.18. The lowest BCUT2D eigenvalue weighted by atomic mass is 9.96. The van der Waals surface area contributed by atoms with Gasteiger partial charge in [-0.25, -0.2) is 4.98 Å². The number of unbranched alkanes of at least 4 members (excludes halogenated alkanes) is 3. The lowest BCUT2D eigenvalue weighted by Crippen LogP contribution is -2.40. The van der Waals surface area contributed by atoms with E-state index in [1.54, 1.807) is 29.3 Å². The number of amides is 2. The number of hydrogen-bond donors (Lipinski definition) is 1. The number of pyridine rings is 1. The molecule has 2 saturated heterocycles. The van der Waals surface area contributed by atoms with Crippen molar-refractivity contribution in [3.05, 3.63) is 45.2 Å². The summed E-state index contributed by atoms with van der Waals surface area (Å²) in [6, 6.07) is 5.38. The van der Waals surface area contributed by atoms with E-state index in [0.717, 1.165) is 25.7 Å². The molecule has 0 aromatic carbocycles. The molecule has 2 aliphatic heterocycles. The van der Waals surface area contributed by atoms with Gasteiger partial charge in [0.05, 0.1) is 10.5 Å². The smallest absolute Gasteiger partial charge is 0.267 e. The van der Waals surface area contributed by atoms with Crippen LogP contribution in [0.4, 0.5) is 5.82 Å². The molecule has 34 heavy (non-hydrogen) atoms. The number of primary amides is 1. The number of anilines is 1. The molecular weight excluding hydrogens is 470 g/mol. The van der Waals surface area contributed by atoms with Gasteiger partial charge in [-0.1, -0.05) is 56.2 Å². The Morgan fingerprint density at radius 3 is 2.71 bits per heavy atom. The van der Waals surface area contributed by atoms with E-state index >= 15 is 0 Å². The first-order chi connectivity index (χ1) is 16.4. The second-order valence-electron chi connectivity index (χ2n) is 8.64. The molecule has 2 amide bonds. The van der Waals surface area contributed by atoms with Crippen molar-refractivity contribution in [3.8, 4) is 0 Å². The van der Waals surface area contributed by atoms with Gasteiger partial charge in [-0.15, -0.1) is 0 Å². The van der Waals surface area contributed by atoms with E-state index in [1.165, 1.54) is 16.2 Å². The van der Waals surface area contributed by atoms with Crippen LogP contribution in [0.2, 0.25) is 0 Å². The van der Waals surface area contributed by atoms with Crippen molar-refractivity contribution in [2.24, 2.45) is 11.7 Å². The number of rotatable bonds is 8. The molecular formula is C24H29N5O3S2. The maximum absolute atomic E-state index is 13.5. The zero-order valence-corrected chi connectivity index (χ0v) is 20.9. The standard InChI is InChI=1S/C24H29N5O3S2/c1-2-3-4-6-12-29-23(32)18(34-24(29)33)15-17-21(27-13-9-16(10-14-27)20(25)30)26-19-8-5-7-11-28(19)22(17)31/h5,7-8,11,15-16H,2-4,6,9-10,12-14H2,1H3,(H2,25,30). The fraction of sp³-hybridized carbons (Fsp3) is 0.458. The van der Waals surface area contributed by atoms with E-state index in [0.29, 0.717) is 58.7 Å². The summed E-state index contributed by atoms with van der Waals surface area (Å²) >= 11 is 6.70. The van der Waals surface area contributed by atoms with Crippen LogP contribution in [0.3, 0.4) is 0 Å². The summed E-state index contributed by atoms with van der Waals surface area (Å²) in [6.45, 7) is 3.85. The summed E-state index contributed by atoms with van der Waals surface area (Å²) in [5.74, 6) is -0.117. The first kappa shape index (κ1) is 24.4. The second-order valence-corrected chi connectivity index (χ2v) is 10.3. The number of thiocarbonyl (C=S) groups is 1. The van der Waals surface area contributed by atoms with Gasteiger partial charge in [0.2, 0.25) is 5.91 Å². The number of piperidine rings is 1. The van der Waals surface area contributed by atoms with Crippen LogP contribution in [0.15, 0.2) is 34.1 Å². The van der Waals surface area contributed by atoms with Crippen LogP contribution in [-0.2, 0) is 9.59 Å². The van der Waals surface area contributed by atoms with Crippen LogP contribution in [0.25, 0.3) is 11.7 Å².